The van der Waals surface area contributed by atoms with E-state index in [0.29, 0.717) is 44.9 Å². The maximum absolute atomic E-state index is 15.9. The number of hydrogen-bond donors (Lipinski definition) is 1. The first-order chi connectivity index (χ1) is 51.6. The molecule has 1 fully saturated rings. The van der Waals surface area contributed by atoms with E-state index < -0.39 is 83.5 Å². The number of benzene rings is 7. The zero-order valence-corrected chi connectivity index (χ0v) is 60.3. The van der Waals surface area contributed by atoms with Crippen molar-refractivity contribution in [3.8, 4) is 29.2 Å². The molecule has 107 heavy (non-hydrogen) atoms. The van der Waals surface area contributed by atoms with Crippen molar-refractivity contribution in [2.24, 2.45) is 0 Å². The Labute approximate surface area is 615 Å². The van der Waals surface area contributed by atoms with Crippen molar-refractivity contribution in [1.29, 1.82) is 5.26 Å². The van der Waals surface area contributed by atoms with Crippen LogP contribution >= 0.6 is 8.53 Å². The van der Waals surface area contributed by atoms with Crippen LogP contribution in [0, 0.1) is 47.5 Å². The number of hydrogen-bond acceptors (Lipinski definition) is 25. The van der Waals surface area contributed by atoms with Gasteiger partial charge in [-0.3, -0.25) is 40.2 Å². The zero-order valence-electron chi connectivity index (χ0n) is 59.4. The van der Waals surface area contributed by atoms with Gasteiger partial charge < -0.3 is 56.4 Å². The Morgan fingerprint density at radius 3 is 1.74 bits per heavy atom. The molecule has 0 aliphatic carbocycles. The van der Waals surface area contributed by atoms with Gasteiger partial charge in [0.2, 0.25) is 11.8 Å². The number of carbonyl (C=O) groups excluding carboxylic acids is 2. The summed E-state index contributed by atoms with van der Waals surface area (Å²) in [6, 6.07) is 47.4. The van der Waals surface area contributed by atoms with E-state index >= 15 is 4.39 Å². The molecule has 7 aromatic carbocycles. The van der Waals surface area contributed by atoms with E-state index in [2.05, 4.69) is 16.4 Å². The molecule has 1 saturated heterocycles. The lowest BCUT2D eigenvalue weighted by molar-refractivity contribution is -0.385. The Hall–Kier alpha value is -11.2. The molecule has 0 radical (unpaired) electrons. The third-order valence-corrected chi connectivity index (χ3v) is 19.1. The average molecular weight is 1490 g/mol. The molecule has 30 nitrogen and oxygen atoms in total. The van der Waals surface area contributed by atoms with Gasteiger partial charge in [0.05, 0.1) is 87.4 Å². The molecule has 0 spiro atoms. The number of nitro groups is 3. The third-order valence-electron chi connectivity index (χ3n) is 17.0. The summed E-state index contributed by atoms with van der Waals surface area (Å²) in [5.74, 6) is -0.659. The predicted octanol–water partition coefficient (Wildman–Crippen LogP) is 14.4. The van der Waals surface area contributed by atoms with Crippen LogP contribution in [-0.2, 0) is 68.9 Å². The molecule has 32 heteroatoms. The van der Waals surface area contributed by atoms with Crippen LogP contribution in [0.3, 0.4) is 0 Å². The lowest BCUT2D eigenvalue weighted by Crippen LogP contribution is -2.44. The number of nitrogens with zero attached hydrogens (tertiary/aromatic N) is 9. The molecule has 10 rings (SSSR count). The highest BCUT2D eigenvalue weighted by Crippen LogP contribution is 2.52. The second-order valence-corrected chi connectivity index (χ2v) is 26.2. The first-order valence-electron chi connectivity index (χ1n) is 33.9. The lowest BCUT2D eigenvalue weighted by Gasteiger charge is -2.39. The Kier molecular flexibility index (Phi) is 27.2. The highest BCUT2D eigenvalue weighted by atomic mass is 31.2. The number of aromatic nitrogens is 4. The highest BCUT2D eigenvalue weighted by Gasteiger charge is 2.53. The van der Waals surface area contributed by atoms with Crippen molar-refractivity contribution in [2.45, 2.75) is 115 Å². The molecule has 1 aliphatic heterocycles. The number of ether oxygens (including phenoxy) is 10. The zero-order chi connectivity index (χ0) is 76.2. The van der Waals surface area contributed by atoms with Crippen molar-refractivity contribution in [3.63, 3.8) is 0 Å². The molecule has 560 valence electrons. The van der Waals surface area contributed by atoms with Crippen molar-refractivity contribution in [2.75, 3.05) is 52.6 Å². The maximum atomic E-state index is 15.9. The van der Waals surface area contributed by atoms with Crippen molar-refractivity contribution >= 4 is 54.9 Å². The summed E-state index contributed by atoms with van der Waals surface area (Å²) in [4.78, 5) is 73.3. The van der Waals surface area contributed by atoms with Gasteiger partial charge in [0, 0.05) is 67.7 Å². The van der Waals surface area contributed by atoms with Gasteiger partial charge in [-0.25, -0.2) is 23.6 Å². The van der Waals surface area contributed by atoms with Gasteiger partial charge in [0.15, 0.2) is 35.2 Å². The summed E-state index contributed by atoms with van der Waals surface area (Å²) >= 11 is 0. The van der Waals surface area contributed by atoms with Crippen LogP contribution in [0.1, 0.15) is 86.2 Å². The fourth-order valence-corrected chi connectivity index (χ4v) is 13.6. The minimum atomic E-state index is -2.15. The van der Waals surface area contributed by atoms with Gasteiger partial charge >= 0.3 is 12.2 Å². The van der Waals surface area contributed by atoms with Crippen molar-refractivity contribution in [3.05, 3.63) is 251 Å². The number of halogens is 1. The summed E-state index contributed by atoms with van der Waals surface area (Å²) < 4.78 is 95.7. The fraction of sp³-hybridized carbons (Fsp3) is 0.333. The Bertz CT molecular complexity index is 4470. The van der Waals surface area contributed by atoms with Gasteiger partial charge in [0.1, 0.15) is 35.4 Å². The topological polar surface area (TPSA) is 357 Å². The van der Waals surface area contributed by atoms with Crippen molar-refractivity contribution < 1.29 is 85.2 Å². The van der Waals surface area contributed by atoms with E-state index in [4.69, 9.17) is 66.4 Å². The van der Waals surface area contributed by atoms with Crippen LogP contribution in [0.4, 0.5) is 37.0 Å². The van der Waals surface area contributed by atoms with E-state index in [1.807, 2.05) is 111 Å². The number of imidazole rings is 1. The second kappa shape index (κ2) is 37.2. The Balaban J connectivity index is 1.04. The molecule has 0 saturated carbocycles. The molecule has 1 amide bonds. The fourth-order valence-electron chi connectivity index (χ4n) is 11.8. The quantitative estimate of drug-likeness (QED) is 0.00552. The van der Waals surface area contributed by atoms with E-state index in [1.54, 1.807) is 45.4 Å². The van der Waals surface area contributed by atoms with Gasteiger partial charge in [0.25, 0.3) is 25.6 Å². The summed E-state index contributed by atoms with van der Waals surface area (Å²) in [6.45, 7) is 8.52. The smallest absolute Gasteiger partial charge is 0.497 e. The number of rotatable bonds is 37. The number of fused-ring (bicyclic) bond motifs is 1. The number of anilines is 1. The van der Waals surface area contributed by atoms with E-state index in [9.17, 15) is 45.2 Å². The molecule has 3 heterocycles. The normalized spacial score (nSPS) is 15.5. The monoisotopic (exact) mass is 1490 g/mol. The number of nitrogens with one attached hydrogen (secondary N) is 1. The van der Waals surface area contributed by atoms with Crippen LogP contribution in [0.25, 0.3) is 11.2 Å². The Morgan fingerprint density at radius 2 is 1.21 bits per heavy atom. The van der Waals surface area contributed by atoms with Crippen molar-refractivity contribution in [1.82, 2.24) is 24.2 Å². The minimum Gasteiger partial charge on any atom is -0.497 e. The van der Waals surface area contributed by atoms with Crippen LogP contribution in [-0.4, -0.2) is 135 Å². The number of carbonyl (C=O) groups is 2. The summed E-state index contributed by atoms with van der Waals surface area (Å²) in [7, 11) is 0.986. The third kappa shape index (κ3) is 20.2. The van der Waals surface area contributed by atoms with Crippen LogP contribution in [0.5, 0.6) is 23.1 Å². The summed E-state index contributed by atoms with van der Waals surface area (Å²) in [5, 5.41) is 46.5. The maximum Gasteiger partial charge on any atom is 0.513 e. The molecular weight excluding hydrogens is 1410 g/mol. The number of nitriles is 1. The SMILES string of the molecule is COc1ccc(C(OC[C@H]2O[C@@H](n3cnc4c(OCCc5ccc([N+](=O)[O-])cc5)nc(NC(=O)OCCc5ccc([N+](=O)[O-])cc5)nc43)[C@H](OC(C)OCc3ccc(OC(=O)OCCc4ccc([N+](=O)[O-])cc4)c(F)c3)[C@@H]2OP(OCCC#N)N(C(C)C)C(C)C)(c2ccccc2)c2ccc(OC)cc2)cc1. The summed E-state index contributed by atoms with van der Waals surface area (Å²) in [6.07, 6.45) is -6.43. The number of nitro benzene ring substituents is 3. The molecule has 2 unspecified atom stereocenters. The molecule has 9 aromatic rings. The largest absolute Gasteiger partial charge is 0.513 e. The summed E-state index contributed by atoms with van der Waals surface area (Å²) in [5.41, 5.74) is 2.66. The molecule has 6 atom stereocenters. The molecule has 1 aliphatic rings. The van der Waals surface area contributed by atoms with E-state index in [-0.39, 0.29) is 123 Å². The molecular formula is C75H78FN10O20P. The van der Waals surface area contributed by atoms with Gasteiger partial charge in [-0.15, -0.1) is 0 Å². The number of non-ortho nitro benzene ring substituents is 3. The van der Waals surface area contributed by atoms with Gasteiger partial charge in [-0.2, -0.15) is 15.2 Å². The second-order valence-electron chi connectivity index (χ2n) is 24.7. The average Bonchev–Trinajstić information content (AvgIpc) is 1.71. The molecule has 0 bridgehead atoms. The van der Waals surface area contributed by atoms with E-state index in [0.717, 1.165) is 6.07 Å². The number of amides is 1. The standard InChI is InChI=1S/C75H78FN10O20P/c1-48(2)83(49(3)4)107(102-40-11-39-77)106-67-65(46-101-75(55-12-9-8-10-13-55,56-21-31-61(95-6)32-22-56)57-23-33-62(96-7)34-24-57)104-71(68(67)103-50(5)100-45-54-20-35-64(63(76)44-54)105-74(88)99-43-38-53-18-29-60(30-19-53)86(93)94)82-47-78-66-69(82)79-72(80-70(66)97-41-36-51-14-25-58(26-15-51)84(89)90)81-73(87)98-42-37-52-16-27-59(28-17-52)85(91)92/h8-10,12-35,44,47-50,65,67-68,71H,11,36-38,40-43,45-46H2,1-7H3,(H,79,80,81,87)/t50?,65-,67-,68-,71-,107?/m1/s1. The van der Waals surface area contributed by atoms with Crippen LogP contribution < -0.4 is 24.3 Å². The highest BCUT2D eigenvalue weighted by molar-refractivity contribution is 7.44. The van der Waals surface area contributed by atoms with Crippen LogP contribution in [0.15, 0.2) is 176 Å². The van der Waals surface area contributed by atoms with Gasteiger partial charge in [-0.05, 0) is 110 Å². The van der Waals surface area contributed by atoms with E-state index in [1.165, 1.54) is 71.6 Å². The van der Waals surface area contributed by atoms with Gasteiger partial charge in [-0.1, -0.05) is 97.1 Å². The molecule has 2 aromatic heterocycles. The first-order valence-corrected chi connectivity index (χ1v) is 35.1. The predicted molar refractivity (Wildman–Crippen MR) is 386 cm³/mol. The Morgan fingerprint density at radius 1 is 0.682 bits per heavy atom. The molecule has 1 N–H and O–H groups in total. The van der Waals surface area contributed by atoms with Crippen LogP contribution in [0.2, 0.25) is 0 Å². The minimum absolute atomic E-state index is 0.00327. The lowest BCUT2D eigenvalue weighted by atomic mass is 9.80. The number of methoxy groups -OCH3 is 2. The first kappa shape index (κ1) is 78.4.